The molecule has 17 heavy (non-hydrogen) atoms. The van der Waals surface area contributed by atoms with Crippen LogP contribution in [0.2, 0.25) is 0 Å². The summed E-state index contributed by atoms with van der Waals surface area (Å²) in [6.45, 7) is 7.60. The zero-order chi connectivity index (χ0) is 12.8. The van der Waals surface area contributed by atoms with Crippen molar-refractivity contribution >= 4 is 5.82 Å². The van der Waals surface area contributed by atoms with Gasteiger partial charge in [0.2, 0.25) is 0 Å². The van der Waals surface area contributed by atoms with Gasteiger partial charge < -0.3 is 10.4 Å². The van der Waals surface area contributed by atoms with Crippen molar-refractivity contribution < 1.29 is 5.11 Å². The first-order chi connectivity index (χ1) is 8.06. The number of rotatable bonds is 6. The fourth-order valence-electron chi connectivity index (χ4n) is 1.49. The number of aliphatic hydroxyl groups is 1. The minimum Gasteiger partial charge on any atom is -0.395 e. The summed E-state index contributed by atoms with van der Waals surface area (Å²) in [5.74, 6) is 1.64. The van der Waals surface area contributed by atoms with E-state index in [9.17, 15) is 0 Å². The molecule has 1 rings (SSSR count). The summed E-state index contributed by atoms with van der Waals surface area (Å²) in [5.41, 5.74) is 0.955. The maximum absolute atomic E-state index is 9.08. The second-order valence-corrected chi connectivity index (χ2v) is 4.29. The minimum absolute atomic E-state index is 0.113. The summed E-state index contributed by atoms with van der Waals surface area (Å²) < 4.78 is 0. The quantitative estimate of drug-likeness (QED) is 0.775. The molecule has 0 saturated heterocycles. The van der Waals surface area contributed by atoms with Gasteiger partial charge in [-0.25, -0.2) is 9.97 Å². The fourth-order valence-corrected chi connectivity index (χ4v) is 1.49. The van der Waals surface area contributed by atoms with E-state index in [4.69, 9.17) is 5.11 Å². The molecule has 1 aromatic heterocycles. The average molecular weight is 238 g/mol. The third-order valence-electron chi connectivity index (χ3n) is 2.67. The third kappa shape index (κ3) is 4.28. The standard InChI is InChI=1S/C12H22N4O/c1-5-13-11-6-9(2)14-12(15-11)7-16(4)10(3)8-17/h6,10,17H,5,7-8H2,1-4H3,(H,13,14,15). The van der Waals surface area contributed by atoms with Crippen LogP contribution in [0.5, 0.6) is 0 Å². The topological polar surface area (TPSA) is 61.3 Å². The van der Waals surface area contributed by atoms with Crippen LogP contribution >= 0.6 is 0 Å². The van der Waals surface area contributed by atoms with Gasteiger partial charge in [0.25, 0.3) is 0 Å². The fraction of sp³-hybridized carbons (Fsp3) is 0.667. The molecule has 0 aliphatic carbocycles. The van der Waals surface area contributed by atoms with Crippen LogP contribution in [0.3, 0.4) is 0 Å². The Morgan fingerprint density at radius 2 is 2.18 bits per heavy atom. The number of aliphatic hydroxyl groups excluding tert-OH is 1. The Labute approximate surface area is 103 Å². The second-order valence-electron chi connectivity index (χ2n) is 4.29. The molecule has 0 aliphatic heterocycles. The van der Waals surface area contributed by atoms with Gasteiger partial charge in [-0.15, -0.1) is 0 Å². The highest BCUT2D eigenvalue weighted by Crippen LogP contribution is 2.08. The van der Waals surface area contributed by atoms with E-state index in [1.165, 1.54) is 0 Å². The lowest BCUT2D eigenvalue weighted by Gasteiger charge is -2.22. The van der Waals surface area contributed by atoms with Crippen molar-refractivity contribution in [2.75, 3.05) is 25.5 Å². The molecule has 1 atom stereocenters. The maximum Gasteiger partial charge on any atom is 0.144 e. The van der Waals surface area contributed by atoms with Crippen molar-refractivity contribution in [3.8, 4) is 0 Å². The first kappa shape index (κ1) is 13.9. The Kier molecular flexibility index (Phi) is 5.31. The summed E-state index contributed by atoms with van der Waals surface area (Å²) in [6, 6.07) is 2.05. The zero-order valence-electron chi connectivity index (χ0n) is 11.1. The highest BCUT2D eigenvalue weighted by molar-refractivity contribution is 5.35. The lowest BCUT2D eigenvalue weighted by molar-refractivity contribution is 0.151. The van der Waals surface area contributed by atoms with Gasteiger partial charge in [-0.1, -0.05) is 0 Å². The van der Waals surface area contributed by atoms with Crippen molar-refractivity contribution in [3.63, 3.8) is 0 Å². The number of aryl methyl sites for hydroxylation is 1. The maximum atomic E-state index is 9.08. The number of likely N-dealkylation sites (N-methyl/N-ethyl adjacent to an activating group) is 1. The van der Waals surface area contributed by atoms with Gasteiger partial charge in [0.1, 0.15) is 11.6 Å². The summed E-state index contributed by atoms with van der Waals surface area (Å²) in [6.07, 6.45) is 0. The van der Waals surface area contributed by atoms with Gasteiger partial charge in [-0.3, -0.25) is 4.90 Å². The Bertz CT molecular complexity index is 356. The highest BCUT2D eigenvalue weighted by atomic mass is 16.3. The van der Waals surface area contributed by atoms with Gasteiger partial charge in [-0.05, 0) is 27.8 Å². The summed E-state index contributed by atoms with van der Waals surface area (Å²) in [4.78, 5) is 10.9. The molecule has 1 aromatic rings. The van der Waals surface area contributed by atoms with Crippen LogP contribution in [-0.4, -0.2) is 46.2 Å². The van der Waals surface area contributed by atoms with Crippen LogP contribution in [0.25, 0.3) is 0 Å². The van der Waals surface area contributed by atoms with E-state index in [0.29, 0.717) is 6.54 Å². The molecule has 0 amide bonds. The molecule has 2 N–H and O–H groups in total. The lowest BCUT2D eigenvalue weighted by Crippen LogP contribution is -2.32. The van der Waals surface area contributed by atoms with Gasteiger partial charge in [0.05, 0.1) is 13.2 Å². The average Bonchev–Trinajstić information content (AvgIpc) is 2.27. The first-order valence-electron chi connectivity index (χ1n) is 5.96. The largest absolute Gasteiger partial charge is 0.395 e. The molecular weight excluding hydrogens is 216 g/mol. The minimum atomic E-state index is 0.113. The molecule has 0 aliphatic rings. The predicted octanol–water partition coefficient (Wildman–Crippen LogP) is 1.03. The normalized spacial score (nSPS) is 12.8. The van der Waals surface area contributed by atoms with Crippen molar-refractivity contribution in [2.45, 2.75) is 33.4 Å². The van der Waals surface area contributed by atoms with E-state index < -0.39 is 0 Å². The molecule has 0 radical (unpaired) electrons. The van der Waals surface area contributed by atoms with E-state index in [-0.39, 0.29) is 12.6 Å². The van der Waals surface area contributed by atoms with Gasteiger partial charge in [0, 0.05) is 24.3 Å². The molecule has 0 spiro atoms. The van der Waals surface area contributed by atoms with Crippen molar-refractivity contribution in [1.82, 2.24) is 14.9 Å². The third-order valence-corrected chi connectivity index (χ3v) is 2.67. The molecule has 1 unspecified atom stereocenters. The van der Waals surface area contributed by atoms with E-state index in [1.54, 1.807) is 0 Å². The van der Waals surface area contributed by atoms with E-state index in [0.717, 1.165) is 23.9 Å². The zero-order valence-corrected chi connectivity index (χ0v) is 11.1. The smallest absolute Gasteiger partial charge is 0.144 e. The number of hydrogen-bond acceptors (Lipinski definition) is 5. The number of anilines is 1. The van der Waals surface area contributed by atoms with Crippen molar-refractivity contribution in [3.05, 3.63) is 17.6 Å². The summed E-state index contributed by atoms with van der Waals surface area (Å²) in [5, 5.41) is 12.3. The van der Waals surface area contributed by atoms with Crippen molar-refractivity contribution in [2.24, 2.45) is 0 Å². The molecule has 0 saturated carbocycles. The molecule has 1 heterocycles. The van der Waals surface area contributed by atoms with E-state index >= 15 is 0 Å². The SMILES string of the molecule is CCNc1cc(C)nc(CN(C)C(C)CO)n1. The van der Waals surface area contributed by atoms with Crippen LogP contribution in [0, 0.1) is 6.92 Å². The Hall–Kier alpha value is -1.20. The van der Waals surface area contributed by atoms with E-state index in [1.807, 2.05) is 38.8 Å². The Morgan fingerprint density at radius 3 is 2.76 bits per heavy atom. The van der Waals surface area contributed by atoms with Gasteiger partial charge >= 0.3 is 0 Å². The van der Waals surface area contributed by atoms with Crippen molar-refractivity contribution in [1.29, 1.82) is 0 Å². The number of hydrogen-bond donors (Lipinski definition) is 2. The van der Waals surface area contributed by atoms with Crippen LogP contribution in [0.1, 0.15) is 25.4 Å². The number of nitrogens with one attached hydrogen (secondary N) is 1. The molecule has 0 bridgehead atoms. The lowest BCUT2D eigenvalue weighted by atomic mass is 10.3. The van der Waals surface area contributed by atoms with Crippen LogP contribution in [0.15, 0.2) is 6.07 Å². The van der Waals surface area contributed by atoms with Crippen LogP contribution < -0.4 is 5.32 Å². The van der Waals surface area contributed by atoms with Crippen LogP contribution in [0.4, 0.5) is 5.82 Å². The number of aromatic nitrogens is 2. The predicted molar refractivity (Wildman–Crippen MR) is 68.9 cm³/mol. The summed E-state index contributed by atoms with van der Waals surface area (Å²) in [7, 11) is 1.96. The molecule has 0 aromatic carbocycles. The number of nitrogens with zero attached hydrogens (tertiary/aromatic N) is 3. The second kappa shape index (κ2) is 6.51. The van der Waals surface area contributed by atoms with Gasteiger partial charge in [-0.2, -0.15) is 0 Å². The monoisotopic (exact) mass is 238 g/mol. The summed E-state index contributed by atoms with van der Waals surface area (Å²) >= 11 is 0. The molecule has 96 valence electrons. The Balaban J connectivity index is 2.76. The van der Waals surface area contributed by atoms with Gasteiger partial charge in [0.15, 0.2) is 0 Å². The van der Waals surface area contributed by atoms with E-state index in [2.05, 4.69) is 15.3 Å². The molecule has 5 heteroatoms. The molecule has 5 nitrogen and oxygen atoms in total. The Morgan fingerprint density at radius 1 is 1.47 bits per heavy atom. The molecule has 0 fully saturated rings. The molecular formula is C12H22N4O. The van der Waals surface area contributed by atoms with Crippen LogP contribution in [-0.2, 0) is 6.54 Å². The highest BCUT2D eigenvalue weighted by Gasteiger charge is 2.10. The first-order valence-corrected chi connectivity index (χ1v) is 5.96.